The van der Waals surface area contributed by atoms with Crippen molar-refractivity contribution in [3.8, 4) is 5.75 Å². The minimum Gasteiger partial charge on any atom is -0.483 e. The summed E-state index contributed by atoms with van der Waals surface area (Å²) in [4.78, 5) is 12.5. The molecule has 0 fully saturated rings. The highest BCUT2D eigenvalue weighted by Gasteiger charge is 2.17. The summed E-state index contributed by atoms with van der Waals surface area (Å²) in [6, 6.07) is 10.9. The number of amides is 1. The molecule has 3 rings (SSSR count). The standard InChI is InChI=1S/C24H31NO2/c1-5-22(21-11-10-19-8-6-7-9-20(19)14-21)25-24(26)15-27-23-13-16(2)12-17(3)18(23)4/h10-14,22H,5-9,15H2,1-4H3,(H,25,26)/t22-/m0/s1. The van der Waals surface area contributed by atoms with Gasteiger partial charge in [-0.25, -0.2) is 0 Å². The number of benzene rings is 2. The Hall–Kier alpha value is -2.29. The van der Waals surface area contributed by atoms with E-state index in [0.29, 0.717) is 0 Å². The fourth-order valence-corrected chi connectivity index (χ4v) is 3.92. The Kier molecular flexibility index (Phi) is 6.20. The third kappa shape index (κ3) is 4.71. The van der Waals surface area contributed by atoms with Gasteiger partial charge in [0.1, 0.15) is 5.75 Å². The Morgan fingerprint density at radius 3 is 2.56 bits per heavy atom. The van der Waals surface area contributed by atoms with Crippen LogP contribution >= 0.6 is 0 Å². The van der Waals surface area contributed by atoms with Crippen LogP contribution < -0.4 is 10.1 Å². The summed E-state index contributed by atoms with van der Waals surface area (Å²) in [5.74, 6) is 0.725. The van der Waals surface area contributed by atoms with Gasteiger partial charge in [-0.1, -0.05) is 31.2 Å². The van der Waals surface area contributed by atoms with E-state index in [2.05, 4.69) is 43.4 Å². The number of nitrogens with one attached hydrogen (secondary N) is 1. The maximum absolute atomic E-state index is 12.5. The number of fused-ring (bicyclic) bond motifs is 1. The summed E-state index contributed by atoms with van der Waals surface area (Å²) in [5.41, 5.74) is 7.55. The van der Waals surface area contributed by atoms with Gasteiger partial charge in [-0.15, -0.1) is 0 Å². The lowest BCUT2D eigenvalue weighted by atomic mass is 9.89. The highest BCUT2D eigenvalue weighted by Crippen LogP contribution is 2.26. The van der Waals surface area contributed by atoms with Gasteiger partial charge in [-0.05, 0) is 92.3 Å². The van der Waals surface area contributed by atoms with Crippen molar-refractivity contribution in [3.63, 3.8) is 0 Å². The lowest BCUT2D eigenvalue weighted by molar-refractivity contribution is -0.123. The van der Waals surface area contributed by atoms with Crippen molar-refractivity contribution >= 4 is 5.91 Å². The number of carbonyl (C=O) groups excluding carboxylic acids is 1. The van der Waals surface area contributed by atoms with E-state index in [4.69, 9.17) is 4.74 Å². The number of aryl methyl sites for hydroxylation is 4. The Morgan fingerprint density at radius 1 is 1.07 bits per heavy atom. The van der Waals surface area contributed by atoms with Gasteiger partial charge < -0.3 is 10.1 Å². The average molecular weight is 366 g/mol. The zero-order valence-electron chi connectivity index (χ0n) is 17.0. The summed E-state index contributed by atoms with van der Waals surface area (Å²) in [6.45, 7) is 8.30. The topological polar surface area (TPSA) is 38.3 Å². The molecule has 0 aliphatic heterocycles. The van der Waals surface area contributed by atoms with E-state index < -0.39 is 0 Å². The van der Waals surface area contributed by atoms with Crippen LogP contribution in [0.3, 0.4) is 0 Å². The molecule has 27 heavy (non-hydrogen) atoms. The molecule has 0 bridgehead atoms. The number of carbonyl (C=O) groups is 1. The largest absolute Gasteiger partial charge is 0.483 e. The van der Waals surface area contributed by atoms with Crippen LogP contribution in [-0.4, -0.2) is 12.5 Å². The molecule has 0 heterocycles. The van der Waals surface area contributed by atoms with E-state index in [1.54, 1.807) is 0 Å². The summed E-state index contributed by atoms with van der Waals surface area (Å²) >= 11 is 0. The maximum Gasteiger partial charge on any atom is 0.258 e. The molecule has 2 aromatic carbocycles. The lowest BCUT2D eigenvalue weighted by Crippen LogP contribution is -2.32. The van der Waals surface area contributed by atoms with Crippen molar-refractivity contribution in [3.05, 3.63) is 63.7 Å². The van der Waals surface area contributed by atoms with Crippen LogP contribution in [0.4, 0.5) is 0 Å². The molecular weight excluding hydrogens is 334 g/mol. The van der Waals surface area contributed by atoms with Gasteiger partial charge in [0.2, 0.25) is 0 Å². The second-order valence-electron chi connectivity index (χ2n) is 7.76. The van der Waals surface area contributed by atoms with Gasteiger partial charge in [0.05, 0.1) is 6.04 Å². The predicted octanol–water partition coefficient (Wildman–Crippen LogP) is 5.14. The molecule has 1 aliphatic carbocycles. The molecule has 1 atom stereocenters. The molecule has 1 amide bonds. The molecule has 3 heteroatoms. The summed E-state index contributed by atoms with van der Waals surface area (Å²) in [5, 5.41) is 3.14. The summed E-state index contributed by atoms with van der Waals surface area (Å²) in [7, 11) is 0. The molecule has 0 saturated heterocycles. The highest BCUT2D eigenvalue weighted by atomic mass is 16.5. The van der Waals surface area contributed by atoms with Gasteiger partial charge in [0.15, 0.2) is 6.61 Å². The maximum atomic E-state index is 12.5. The third-order valence-corrected chi connectivity index (χ3v) is 5.64. The Labute approximate surface area is 163 Å². The van der Waals surface area contributed by atoms with Gasteiger partial charge in [0.25, 0.3) is 5.91 Å². The Balaban J connectivity index is 1.64. The van der Waals surface area contributed by atoms with Crippen molar-refractivity contribution < 1.29 is 9.53 Å². The first-order valence-electron chi connectivity index (χ1n) is 10.1. The fourth-order valence-electron chi connectivity index (χ4n) is 3.92. The molecule has 0 unspecified atom stereocenters. The number of rotatable bonds is 6. The van der Waals surface area contributed by atoms with E-state index in [1.165, 1.54) is 41.5 Å². The van der Waals surface area contributed by atoms with Crippen molar-refractivity contribution in [2.24, 2.45) is 0 Å². The van der Waals surface area contributed by atoms with Crippen molar-refractivity contribution in [2.45, 2.75) is 65.8 Å². The minimum absolute atomic E-state index is 0.0358. The zero-order chi connectivity index (χ0) is 19.4. The first-order valence-corrected chi connectivity index (χ1v) is 10.1. The van der Waals surface area contributed by atoms with Crippen LogP contribution in [0.5, 0.6) is 5.75 Å². The second-order valence-corrected chi connectivity index (χ2v) is 7.76. The molecule has 0 radical (unpaired) electrons. The van der Waals surface area contributed by atoms with Crippen LogP contribution in [0.15, 0.2) is 30.3 Å². The van der Waals surface area contributed by atoms with E-state index in [0.717, 1.165) is 29.7 Å². The van der Waals surface area contributed by atoms with Crippen LogP contribution in [0.1, 0.15) is 65.6 Å². The van der Waals surface area contributed by atoms with E-state index in [9.17, 15) is 4.79 Å². The van der Waals surface area contributed by atoms with Crippen molar-refractivity contribution in [1.82, 2.24) is 5.32 Å². The van der Waals surface area contributed by atoms with Gasteiger partial charge in [0, 0.05) is 0 Å². The lowest BCUT2D eigenvalue weighted by Gasteiger charge is -2.22. The third-order valence-electron chi connectivity index (χ3n) is 5.64. The number of hydrogen-bond donors (Lipinski definition) is 1. The van der Waals surface area contributed by atoms with Crippen molar-refractivity contribution in [1.29, 1.82) is 0 Å². The van der Waals surface area contributed by atoms with Crippen LogP contribution in [0, 0.1) is 20.8 Å². The summed E-state index contributed by atoms with van der Waals surface area (Å²) < 4.78 is 5.82. The Morgan fingerprint density at radius 2 is 1.81 bits per heavy atom. The second kappa shape index (κ2) is 8.60. The average Bonchev–Trinajstić information content (AvgIpc) is 2.67. The molecule has 0 aromatic heterocycles. The van der Waals surface area contributed by atoms with Crippen molar-refractivity contribution in [2.75, 3.05) is 6.61 Å². The van der Waals surface area contributed by atoms with E-state index >= 15 is 0 Å². The van der Waals surface area contributed by atoms with Crippen LogP contribution in [0.2, 0.25) is 0 Å². The smallest absolute Gasteiger partial charge is 0.258 e. The molecule has 0 spiro atoms. The van der Waals surface area contributed by atoms with E-state index in [-0.39, 0.29) is 18.6 Å². The molecule has 1 N–H and O–H groups in total. The van der Waals surface area contributed by atoms with Crippen LogP contribution in [-0.2, 0) is 17.6 Å². The van der Waals surface area contributed by atoms with E-state index in [1.807, 2.05) is 19.9 Å². The van der Waals surface area contributed by atoms with Crippen LogP contribution in [0.25, 0.3) is 0 Å². The molecule has 144 valence electrons. The molecule has 2 aromatic rings. The predicted molar refractivity (Wildman–Crippen MR) is 110 cm³/mol. The number of hydrogen-bond acceptors (Lipinski definition) is 2. The first kappa shape index (κ1) is 19.5. The fraction of sp³-hybridized carbons (Fsp3) is 0.458. The highest BCUT2D eigenvalue weighted by molar-refractivity contribution is 5.78. The molecule has 1 aliphatic rings. The van der Waals surface area contributed by atoms with Gasteiger partial charge in [-0.3, -0.25) is 4.79 Å². The molecule has 0 saturated carbocycles. The molecular formula is C24H31NO2. The minimum atomic E-state index is -0.0712. The van der Waals surface area contributed by atoms with Gasteiger partial charge >= 0.3 is 0 Å². The summed E-state index contributed by atoms with van der Waals surface area (Å²) in [6.07, 6.45) is 5.76. The van der Waals surface area contributed by atoms with Gasteiger partial charge in [-0.2, -0.15) is 0 Å². The zero-order valence-corrected chi connectivity index (χ0v) is 17.0. The molecule has 3 nitrogen and oxygen atoms in total. The SMILES string of the molecule is CC[C@H](NC(=O)COc1cc(C)cc(C)c1C)c1ccc2c(c1)CCCC2. The first-order chi connectivity index (χ1) is 13.0. The monoisotopic (exact) mass is 365 g/mol. The quantitative estimate of drug-likeness (QED) is 0.770. The Bertz CT molecular complexity index is 825. The normalized spacial score (nSPS) is 14.4. The number of ether oxygens (including phenoxy) is 1.